The molecule has 0 saturated heterocycles. The molecule has 0 aromatic rings. The molecule has 0 aliphatic rings. The highest BCUT2D eigenvalue weighted by Crippen LogP contribution is 2.13. The van der Waals surface area contributed by atoms with Crippen LogP contribution in [0.15, 0.2) is 0 Å². The Labute approximate surface area is 108 Å². The lowest BCUT2D eigenvalue weighted by Crippen LogP contribution is -1.91. The molecule has 0 nitrogen and oxygen atoms in total. The fourth-order valence-electron chi connectivity index (χ4n) is 2.19. The first-order valence-corrected chi connectivity index (χ1v) is 7.70. The van der Waals surface area contributed by atoms with E-state index in [-0.39, 0.29) is 0 Å². The van der Waals surface area contributed by atoms with E-state index in [1.165, 1.54) is 64.2 Å². The van der Waals surface area contributed by atoms with Gasteiger partial charge in [-0.05, 0) is 13.3 Å². The van der Waals surface area contributed by atoms with Crippen molar-refractivity contribution < 1.29 is 4.39 Å². The van der Waals surface area contributed by atoms with Crippen molar-refractivity contribution in [2.45, 2.75) is 96.6 Å². The Hall–Kier alpha value is -0.0700. The minimum Gasteiger partial charge on any atom is -0.248 e. The summed E-state index contributed by atoms with van der Waals surface area (Å²) in [6.07, 6.45) is 15.8. The maximum Gasteiger partial charge on any atom is 0.0973 e. The summed E-state index contributed by atoms with van der Waals surface area (Å²) in [5.41, 5.74) is 0. The van der Waals surface area contributed by atoms with Crippen LogP contribution in [0.4, 0.5) is 4.39 Å². The molecule has 17 heavy (non-hydrogen) atoms. The summed E-state index contributed by atoms with van der Waals surface area (Å²) in [6, 6.07) is 0. The van der Waals surface area contributed by atoms with Gasteiger partial charge in [-0.1, -0.05) is 84.0 Å². The van der Waals surface area contributed by atoms with E-state index in [2.05, 4.69) is 6.92 Å². The molecule has 0 aromatic carbocycles. The average molecular weight is 243 g/mol. The zero-order valence-corrected chi connectivity index (χ0v) is 11.9. The maximum atomic E-state index is 12.5. The molecule has 0 bridgehead atoms. The van der Waals surface area contributed by atoms with Gasteiger partial charge in [-0.25, -0.2) is 4.39 Å². The zero-order chi connectivity index (χ0) is 12.8. The molecule has 1 heteroatoms. The van der Waals surface area contributed by atoms with Crippen LogP contribution < -0.4 is 0 Å². The van der Waals surface area contributed by atoms with Crippen LogP contribution in [-0.2, 0) is 0 Å². The largest absolute Gasteiger partial charge is 0.248 e. The van der Waals surface area contributed by atoms with Crippen molar-refractivity contribution >= 4 is 0 Å². The van der Waals surface area contributed by atoms with Crippen molar-refractivity contribution in [1.82, 2.24) is 0 Å². The second kappa shape index (κ2) is 14.0. The molecule has 0 amide bonds. The van der Waals surface area contributed by atoms with Gasteiger partial charge in [-0.2, -0.15) is 0 Å². The predicted octanol–water partition coefficient (Wildman–Crippen LogP) is 6.25. The van der Waals surface area contributed by atoms with E-state index in [9.17, 15) is 4.39 Å². The molecule has 0 saturated carbocycles. The van der Waals surface area contributed by atoms with Gasteiger partial charge in [0.25, 0.3) is 0 Å². The number of rotatable bonds is 13. The van der Waals surface area contributed by atoms with Gasteiger partial charge < -0.3 is 0 Å². The van der Waals surface area contributed by atoms with Gasteiger partial charge in [0.05, 0.1) is 6.17 Å². The highest BCUT2D eigenvalue weighted by Gasteiger charge is 1.97. The van der Waals surface area contributed by atoms with Gasteiger partial charge in [0.2, 0.25) is 0 Å². The van der Waals surface area contributed by atoms with Crippen LogP contribution >= 0.6 is 0 Å². The van der Waals surface area contributed by atoms with Crippen LogP contribution in [0.2, 0.25) is 0 Å². The molecule has 0 rings (SSSR count). The Morgan fingerprint density at radius 3 is 1.41 bits per heavy atom. The molecular weight excluding hydrogens is 211 g/mol. The van der Waals surface area contributed by atoms with Gasteiger partial charge in [0.15, 0.2) is 0 Å². The van der Waals surface area contributed by atoms with E-state index in [4.69, 9.17) is 0 Å². The van der Waals surface area contributed by atoms with Gasteiger partial charge in [-0.3, -0.25) is 0 Å². The number of hydrogen-bond donors (Lipinski definition) is 0. The third-order valence-corrected chi connectivity index (χ3v) is 3.35. The van der Waals surface area contributed by atoms with Crippen molar-refractivity contribution in [3.63, 3.8) is 0 Å². The summed E-state index contributed by atoms with van der Waals surface area (Å²) in [5, 5.41) is 0. The third kappa shape index (κ3) is 15.9. The highest BCUT2D eigenvalue weighted by atomic mass is 19.1. The normalized spacial score (nSPS) is 12.9. The molecule has 1 radical (unpaired) electrons. The summed E-state index contributed by atoms with van der Waals surface area (Å²) in [7, 11) is 0. The first-order chi connectivity index (χ1) is 8.27. The second-order valence-electron chi connectivity index (χ2n) is 5.31. The Balaban J connectivity index is 2.89. The summed E-state index contributed by atoms with van der Waals surface area (Å²) in [4.78, 5) is 0. The predicted molar refractivity (Wildman–Crippen MR) is 75.9 cm³/mol. The molecule has 1 atom stereocenters. The fraction of sp³-hybridized carbons (Fsp3) is 0.938. The quantitative estimate of drug-likeness (QED) is 0.335. The van der Waals surface area contributed by atoms with Crippen molar-refractivity contribution in [3.8, 4) is 0 Å². The minimum absolute atomic E-state index is 0.603. The lowest BCUT2D eigenvalue weighted by atomic mass is 10.0. The Bertz CT molecular complexity index is 131. The molecule has 0 aliphatic heterocycles. The van der Waals surface area contributed by atoms with Crippen LogP contribution in [0.1, 0.15) is 90.4 Å². The van der Waals surface area contributed by atoms with Gasteiger partial charge in [0.1, 0.15) is 0 Å². The second-order valence-corrected chi connectivity index (χ2v) is 5.31. The number of alkyl halides is 1. The lowest BCUT2D eigenvalue weighted by molar-refractivity contribution is 0.329. The van der Waals surface area contributed by atoms with E-state index in [1.807, 2.05) is 0 Å². The molecule has 103 valence electrons. The molecular formula is C16H32F. The summed E-state index contributed by atoms with van der Waals surface area (Å²) < 4.78 is 12.5. The van der Waals surface area contributed by atoms with Crippen LogP contribution in [0, 0.1) is 6.92 Å². The number of hydrogen-bond acceptors (Lipinski definition) is 0. The Kier molecular flexibility index (Phi) is 13.9. The monoisotopic (exact) mass is 243 g/mol. The van der Waals surface area contributed by atoms with E-state index in [1.54, 1.807) is 6.92 Å². The summed E-state index contributed by atoms with van der Waals surface area (Å²) in [5.74, 6) is 0. The summed E-state index contributed by atoms with van der Waals surface area (Å²) >= 11 is 0. The minimum atomic E-state index is -0.603. The topological polar surface area (TPSA) is 0 Å². The molecule has 0 heterocycles. The zero-order valence-electron chi connectivity index (χ0n) is 11.9. The molecule has 0 N–H and O–H groups in total. The standard InChI is InChI=1S/C16H32F/c1-3-4-5-6-7-8-9-10-11-12-13-14-15-16(2)17/h16H,1,3-15H2,2H3. The number of unbranched alkanes of at least 4 members (excludes halogenated alkanes) is 11. The first kappa shape index (κ1) is 16.9. The van der Waals surface area contributed by atoms with E-state index < -0.39 is 6.17 Å². The van der Waals surface area contributed by atoms with Gasteiger partial charge in [0, 0.05) is 0 Å². The van der Waals surface area contributed by atoms with Crippen LogP contribution in [-0.4, -0.2) is 6.17 Å². The molecule has 0 spiro atoms. The van der Waals surface area contributed by atoms with E-state index >= 15 is 0 Å². The third-order valence-electron chi connectivity index (χ3n) is 3.35. The Morgan fingerprint density at radius 2 is 1.06 bits per heavy atom. The van der Waals surface area contributed by atoms with Crippen molar-refractivity contribution in [2.75, 3.05) is 0 Å². The average Bonchev–Trinajstić information content (AvgIpc) is 2.30. The fourth-order valence-corrected chi connectivity index (χ4v) is 2.19. The van der Waals surface area contributed by atoms with E-state index in [0.717, 1.165) is 19.3 Å². The lowest BCUT2D eigenvalue weighted by Gasteiger charge is -2.03. The van der Waals surface area contributed by atoms with E-state index in [0.29, 0.717) is 0 Å². The van der Waals surface area contributed by atoms with Crippen LogP contribution in [0.3, 0.4) is 0 Å². The molecule has 0 aromatic heterocycles. The SMILES string of the molecule is [CH2]CCCCCCCCCCCCCC(C)F. The van der Waals surface area contributed by atoms with Crippen molar-refractivity contribution in [3.05, 3.63) is 6.92 Å². The first-order valence-electron chi connectivity index (χ1n) is 7.70. The van der Waals surface area contributed by atoms with Gasteiger partial charge in [-0.15, -0.1) is 0 Å². The van der Waals surface area contributed by atoms with Crippen LogP contribution in [0.5, 0.6) is 0 Å². The smallest absolute Gasteiger partial charge is 0.0973 e. The summed E-state index contributed by atoms with van der Waals surface area (Å²) in [6.45, 7) is 5.52. The maximum absolute atomic E-state index is 12.5. The van der Waals surface area contributed by atoms with Crippen molar-refractivity contribution in [2.24, 2.45) is 0 Å². The molecule has 0 fully saturated rings. The Morgan fingerprint density at radius 1 is 0.706 bits per heavy atom. The highest BCUT2D eigenvalue weighted by molar-refractivity contribution is 4.51. The molecule has 0 aliphatic carbocycles. The molecule has 1 unspecified atom stereocenters. The van der Waals surface area contributed by atoms with Gasteiger partial charge >= 0.3 is 0 Å². The van der Waals surface area contributed by atoms with Crippen molar-refractivity contribution in [1.29, 1.82) is 0 Å². The number of halogens is 1. The van der Waals surface area contributed by atoms with Crippen LogP contribution in [0.25, 0.3) is 0 Å².